The maximum absolute atomic E-state index is 6.06. The van der Waals surface area contributed by atoms with Gasteiger partial charge in [-0.1, -0.05) is 27.5 Å². The molecule has 2 rings (SSSR count). The van der Waals surface area contributed by atoms with Crippen molar-refractivity contribution in [2.24, 2.45) is 4.99 Å². The van der Waals surface area contributed by atoms with Crippen molar-refractivity contribution >= 4 is 39.1 Å². The van der Waals surface area contributed by atoms with Gasteiger partial charge < -0.3 is 5.32 Å². The zero-order valence-electron chi connectivity index (χ0n) is 7.56. The fourth-order valence-corrected chi connectivity index (χ4v) is 2.11. The average molecular weight is 274 g/mol. The second-order valence-corrected chi connectivity index (χ2v) is 4.50. The summed E-state index contributed by atoms with van der Waals surface area (Å²) in [4.78, 5) is 4.33. The molecule has 0 aliphatic carbocycles. The number of amidine groups is 1. The highest BCUT2D eigenvalue weighted by atomic mass is 79.9. The van der Waals surface area contributed by atoms with Crippen LogP contribution in [0.5, 0.6) is 0 Å². The monoisotopic (exact) mass is 272 g/mol. The molecule has 1 aromatic rings. The van der Waals surface area contributed by atoms with Gasteiger partial charge in [0.1, 0.15) is 5.84 Å². The van der Waals surface area contributed by atoms with E-state index >= 15 is 0 Å². The molecule has 0 amide bonds. The molecule has 0 saturated carbocycles. The van der Waals surface area contributed by atoms with Crippen molar-refractivity contribution in [2.75, 3.05) is 11.9 Å². The molecule has 0 unspecified atom stereocenters. The Bertz CT molecular complexity index is 376. The van der Waals surface area contributed by atoms with E-state index in [2.05, 4.69) is 26.2 Å². The number of hydrogen-bond acceptors (Lipinski definition) is 2. The third kappa shape index (κ3) is 2.28. The van der Waals surface area contributed by atoms with Crippen LogP contribution < -0.4 is 5.32 Å². The molecule has 0 spiro atoms. The van der Waals surface area contributed by atoms with Gasteiger partial charge in [-0.05, 0) is 24.6 Å². The molecule has 0 atom stereocenters. The lowest BCUT2D eigenvalue weighted by Crippen LogP contribution is -2.08. The Morgan fingerprint density at radius 1 is 1.43 bits per heavy atom. The summed E-state index contributed by atoms with van der Waals surface area (Å²) in [5.74, 6) is 1.04. The smallest absolute Gasteiger partial charge is 0.101 e. The number of benzene rings is 1. The van der Waals surface area contributed by atoms with Crippen molar-refractivity contribution in [3.8, 4) is 0 Å². The van der Waals surface area contributed by atoms with Gasteiger partial charge in [0.15, 0.2) is 0 Å². The Morgan fingerprint density at radius 2 is 2.29 bits per heavy atom. The van der Waals surface area contributed by atoms with Crippen LogP contribution in [0.2, 0.25) is 5.02 Å². The van der Waals surface area contributed by atoms with E-state index in [-0.39, 0.29) is 0 Å². The summed E-state index contributed by atoms with van der Waals surface area (Å²) >= 11 is 9.43. The van der Waals surface area contributed by atoms with Crippen LogP contribution in [0.3, 0.4) is 0 Å². The van der Waals surface area contributed by atoms with Crippen molar-refractivity contribution in [1.82, 2.24) is 0 Å². The first-order chi connectivity index (χ1) is 6.75. The van der Waals surface area contributed by atoms with Gasteiger partial charge in [0, 0.05) is 17.4 Å². The zero-order valence-corrected chi connectivity index (χ0v) is 9.90. The minimum atomic E-state index is 0.717. The number of aliphatic imine (C=N–C) groups is 1. The summed E-state index contributed by atoms with van der Waals surface area (Å²) < 4.78 is 0.987. The summed E-state index contributed by atoms with van der Waals surface area (Å²) in [5, 5.41) is 3.95. The number of halogens is 2. The van der Waals surface area contributed by atoms with Crippen LogP contribution in [0.15, 0.2) is 27.7 Å². The van der Waals surface area contributed by atoms with Gasteiger partial charge in [-0.2, -0.15) is 0 Å². The van der Waals surface area contributed by atoms with Crippen LogP contribution in [0, 0.1) is 0 Å². The van der Waals surface area contributed by atoms with Crippen molar-refractivity contribution in [3.63, 3.8) is 0 Å². The number of hydrogen-bond donors (Lipinski definition) is 1. The molecule has 1 N–H and O–H groups in total. The lowest BCUT2D eigenvalue weighted by Gasteiger charge is -2.07. The topological polar surface area (TPSA) is 24.4 Å². The second-order valence-electron chi connectivity index (χ2n) is 3.18. The molecule has 2 nitrogen and oxygen atoms in total. The molecular formula is C10H10BrClN2. The van der Waals surface area contributed by atoms with Gasteiger partial charge in [-0.15, -0.1) is 0 Å². The second kappa shape index (κ2) is 4.32. The van der Waals surface area contributed by atoms with Crippen LogP contribution in [-0.4, -0.2) is 12.4 Å². The molecule has 74 valence electrons. The van der Waals surface area contributed by atoms with E-state index in [9.17, 15) is 0 Å². The molecule has 0 fully saturated rings. The van der Waals surface area contributed by atoms with E-state index in [4.69, 9.17) is 11.6 Å². The van der Waals surface area contributed by atoms with E-state index in [0.29, 0.717) is 5.02 Å². The molecule has 0 radical (unpaired) electrons. The third-order valence-electron chi connectivity index (χ3n) is 2.08. The van der Waals surface area contributed by atoms with Crippen molar-refractivity contribution in [1.29, 1.82) is 0 Å². The molecule has 0 aromatic heterocycles. The van der Waals surface area contributed by atoms with Gasteiger partial charge in [-0.25, -0.2) is 0 Å². The quantitative estimate of drug-likeness (QED) is 0.829. The van der Waals surface area contributed by atoms with Crippen molar-refractivity contribution < 1.29 is 0 Å². The molecule has 0 saturated heterocycles. The van der Waals surface area contributed by atoms with E-state index in [1.165, 1.54) is 0 Å². The lowest BCUT2D eigenvalue weighted by atomic mass is 10.3. The Morgan fingerprint density at radius 3 is 2.93 bits per heavy atom. The third-order valence-corrected chi connectivity index (χ3v) is 2.89. The number of anilines is 1. The molecule has 0 bridgehead atoms. The van der Waals surface area contributed by atoms with E-state index in [1.807, 2.05) is 18.2 Å². The van der Waals surface area contributed by atoms with Gasteiger partial charge in [0.05, 0.1) is 10.7 Å². The van der Waals surface area contributed by atoms with E-state index in [0.717, 1.165) is 35.4 Å². The fourth-order valence-electron chi connectivity index (χ4n) is 1.39. The Kier molecular flexibility index (Phi) is 3.08. The minimum absolute atomic E-state index is 0.717. The molecule has 1 aliphatic heterocycles. The number of rotatable bonds is 1. The summed E-state index contributed by atoms with van der Waals surface area (Å²) in [6.07, 6.45) is 2.16. The molecule has 1 heterocycles. The van der Waals surface area contributed by atoms with Gasteiger partial charge in [0.25, 0.3) is 0 Å². The highest BCUT2D eigenvalue weighted by Gasteiger charge is 2.08. The molecule has 14 heavy (non-hydrogen) atoms. The molecular weight excluding hydrogens is 263 g/mol. The molecule has 1 aromatic carbocycles. The first-order valence-corrected chi connectivity index (χ1v) is 5.68. The summed E-state index contributed by atoms with van der Waals surface area (Å²) in [7, 11) is 0. The van der Waals surface area contributed by atoms with Crippen molar-refractivity contribution in [2.45, 2.75) is 12.8 Å². The Hall–Kier alpha value is -0.540. The Balaban J connectivity index is 2.16. The van der Waals surface area contributed by atoms with Gasteiger partial charge >= 0.3 is 0 Å². The summed E-state index contributed by atoms with van der Waals surface area (Å²) in [6, 6.07) is 5.79. The Labute approximate surface area is 96.5 Å². The average Bonchev–Trinajstić information content (AvgIpc) is 2.62. The maximum Gasteiger partial charge on any atom is 0.101 e. The zero-order chi connectivity index (χ0) is 9.97. The van der Waals surface area contributed by atoms with Crippen LogP contribution in [0.1, 0.15) is 12.8 Å². The van der Waals surface area contributed by atoms with Crippen LogP contribution in [0.25, 0.3) is 0 Å². The summed E-state index contributed by atoms with van der Waals surface area (Å²) in [6.45, 7) is 0.927. The summed E-state index contributed by atoms with van der Waals surface area (Å²) in [5.41, 5.74) is 0.926. The van der Waals surface area contributed by atoms with Crippen molar-refractivity contribution in [3.05, 3.63) is 27.7 Å². The van der Waals surface area contributed by atoms with E-state index in [1.54, 1.807) is 0 Å². The number of nitrogens with zero attached hydrogens (tertiary/aromatic N) is 1. The predicted octanol–water partition coefficient (Wildman–Crippen LogP) is 3.71. The largest absolute Gasteiger partial charge is 0.343 e. The van der Waals surface area contributed by atoms with Crippen LogP contribution in [-0.2, 0) is 0 Å². The SMILES string of the molecule is Clc1cc(Br)ccc1NC1=NCCC1. The van der Waals surface area contributed by atoms with Crippen LogP contribution in [0.4, 0.5) is 5.69 Å². The normalized spacial score (nSPS) is 15.4. The number of nitrogens with one attached hydrogen (secondary N) is 1. The highest BCUT2D eigenvalue weighted by molar-refractivity contribution is 9.10. The van der Waals surface area contributed by atoms with E-state index < -0.39 is 0 Å². The lowest BCUT2D eigenvalue weighted by molar-refractivity contribution is 0.951. The van der Waals surface area contributed by atoms with Gasteiger partial charge in [0.2, 0.25) is 0 Å². The fraction of sp³-hybridized carbons (Fsp3) is 0.300. The first kappa shape index (κ1) is 9.99. The highest BCUT2D eigenvalue weighted by Crippen LogP contribution is 2.26. The predicted molar refractivity (Wildman–Crippen MR) is 64.3 cm³/mol. The minimum Gasteiger partial charge on any atom is -0.343 e. The molecule has 4 heteroatoms. The standard InChI is InChI=1S/C10H10BrClN2/c11-7-3-4-9(8(12)6-7)14-10-2-1-5-13-10/h3-4,6H,1-2,5H2,(H,13,14). The van der Waals surface area contributed by atoms with Gasteiger partial charge in [-0.3, -0.25) is 4.99 Å². The van der Waals surface area contributed by atoms with Crippen LogP contribution >= 0.6 is 27.5 Å². The first-order valence-electron chi connectivity index (χ1n) is 4.51. The molecule has 1 aliphatic rings. The maximum atomic E-state index is 6.06.